The van der Waals surface area contributed by atoms with E-state index in [1.807, 2.05) is 0 Å². The van der Waals surface area contributed by atoms with Gasteiger partial charge in [0.25, 0.3) is 11.8 Å². The third kappa shape index (κ3) is 3.37. The molecule has 2 amide bonds. The summed E-state index contributed by atoms with van der Waals surface area (Å²) in [4.78, 5) is 26.6. The average Bonchev–Trinajstić information content (AvgIpc) is 2.78. The Balaban J connectivity index is 1.61. The van der Waals surface area contributed by atoms with E-state index >= 15 is 0 Å². The summed E-state index contributed by atoms with van der Waals surface area (Å²) in [7, 11) is 0. The van der Waals surface area contributed by atoms with Crippen LogP contribution in [0.5, 0.6) is 5.75 Å². The van der Waals surface area contributed by atoms with Gasteiger partial charge in [-0.05, 0) is 37.1 Å². The highest BCUT2D eigenvalue weighted by Crippen LogP contribution is 2.32. The standard InChI is InChI=1S/C20H18F2N2O3/c21-14-8-13(9-15(22)10-14)19(26)24-7-3-6-20(12-24)11-23-18(25)16-4-1-2-5-17(16)27-20/h1-2,4-5,8-10H,3,6-7,11-12H2,(H,23,25)/t20-/m1/s1. The second kappa shape index (κ2) is 6.64. The number of halogens is 2. The summed E-state index contributed by atoms with van der Waals surface area (Å²) < 4.78 is 33.2. The molecule has 0 bridgehead atoms. The molecule has 7 heteroatoms. The summed E-state index contributed by atoms with van der Waals surface area (Å²) in [5.74, 6) is -1.80. The Labute approximate surface area is 154 Å². The molecular weight excluding hydrogens is 354 g/mol. The van der Waals surface area contributed by atoms with Crippen LogP contribution in [0.4, 0.5) is 8.78 Å². The molecule has 5 nitrogen and oxygen atoms in total. The van der Waals surface area contributed by atoms with Crippen LogP contribution in [-0.4, -0.2) is 41.9 Å². The summed E-state index contributed by atoms with van der Waals surface area (Å²) in [6.45, 7) is 0.929. The molecule has 2 aliphatic heterocycles. The van der Waals surface area contributed by atoms with Crippen molar-refractivity contribution in [2.75, 3.05) is 19.6 Å². The Hall–Kier alpha value is -2.96. The number of ether oxygens (including phenoxy) is 1. The lowest BCUT2D eigenvalue weighted by molar-refractivity contribution is -0.000889. The lowest BCUT2D eigenvalue weighted by atomic mass is 9.91. The molecule has 0 unspecified atom stereocenters. The minimum Gasteiger partial charge on any atom is -0.483 e. The number of benzene rings is 2. The van der Waals surface area contributed by atoms with Gasteiger partial charge in [0.05, 0.1) is 18.7 Å². The number of carbonyl (C=O) groups is 2. The molecule has 4 rings (SSSR count). The van der Waals surface area contributed by atoms with Crippen molar-refractivity contribution < 1.29 is 23.1 Å². The van der Waals surface area contributed by atoms with E-state index < -0.39 is 23.1 Å². The van der Waals surface area contributed by atoms with E-state index in [0.717, 1.165) is 18.2 Å². The number of fused-ring (bicyclic) bond motifs is 1. The van der Waals surface area contributed by atoms with Gasteiger partial charge in [0, 0.05) is 18.2 Å². The first kappa shape index (κ1) is 17.5. The summed E-state index contributed by atoms with van der Waals surface area (Å²) in [6, 6.07) is 9.74. The molecule has 2 aromatic carbocycles. The van der Waals surface area contributed by atoms with Gasteiger partial charge in [0.15, 0.2) is 0 Å². The largest absolute Gasteiger partial charge is 0.483 e. The molecule has 0 aliphatic carbocycles. The molecule has 0 aromatic heterocycles. The first-order valence-corrected chi connectivity index (χ1v) is 8.77. The number of likely N-dealkylation sites (tertiary alicyclic amines) is 1. The van der Waals surface area contributed by atoms with Gasteiger partial charge < -0.3 is 15.0 Å². The number of amides is 2. The molecule has 0 saturated carbocycles. The maximum absolute atomic E-state index is 13.5. The number of hydrogen-bond acceptors (Lipinski definition) is 3. The predicted molar refractivity (Wildman–Crippen MR) is 93.6 cm³/mol. The van der Waals surface area contributed by atoms with Crippen LogP contribution in [0.3, 0.4) is 0 Å². The minimum atomic E-state index is -0.794. The zero-order valence-corrected chi connectivity index (χ0v) is 14.5. The van der Waals surface area contributed by atoms with E-state index in [9.17, 15) is 18.4 Å². The van der Waals surface area contributed by atoms with E-state index in [1.54, 1.807) is 24.3 Å². The van der Waals surface area contributed by atoms with Gasteiger partial charge in [0.1, 0.15) is 23.0 Å². The number of nitrogens with zero attached hydrogens (tertiary/aromatic N) is 1. The van der Waals surface area contributed by atoms with Gasteiger partial charge in [0.2, 0.25) is 0 Å². The van der Waals surface area contributed by atoms with Gasteiger partial charge in [-0.15, -0.1) is 0 Å². The fraction of sp³-hybridized carbons (Fsp3) is 0.300. The van der Waals surface area contributed by atoms with E-state index in [0.29, 0.717) is 30.7 Å². The fourth-order valence-corrected chi connectivity index (χ4v) is 3.71. The fourth-order valence-electron chi connectivity index (χ4n) is 3.71. The second-order valence-corrected chi connectivity index (χ2v) is 6.95. The number of hydrogen-bond donors (Lipinski definition) is 1. The normalized spacial score (nSPS) is 21.9. The topological polar surface area (TPSA) is 58.6 Å². The Kier molecular flexibility index (Phi) is 4.30. The lowest BCUT2D eigenvalue weighted by Crippen LogP contribution is -2.57. The van der Waals surface area contributed by atoms with Crippen LogP contribution in [0.1, 0.15) is 33.6 Å². The van der Waals surface area contributed by atoms with Crippen molar-refractivity contribution in [2.24, 2.45) is 0 Å². The van der Waals surface area contributed by atoms with Crippen molar-refractivity contribution in [3.05, 3.63) is 65.2 Å². The predicted octanol–water partition coefficient (Wildman–Crippen LogP) is 2.76. The third-order valence-corrected chi connectivity index (χ3v) is 4.97. The number of nitrogens with one attached hydrogen (secondary N) is 1. The molecule has 1 saturated heterocycles. The molecule has 1 atom stereocenters. The first-order valence-electron chi connectivity index (χ1n) is 8.77. The van der Waals surface area contributed by atoms with Crippen LogP contribution in [0.2, 0.25) is 0 Å². The number of piperidine rings is 1. The molecule has 2 aliphatic rings. The quantitative estimate of drug-likeness (QED) is 0.838. The van der Waals surface area contributed by atoms with Gasteiger partial charge >= 0.3 is 0 Å². The number of rotatable bonds is 1. The van der Waals surface area contributed by atoms with E-state index in [-0.39, 0.29) is 24.6 Å². The maximum Gasteiger partial charge on any atom is 0.255 e. The summed E-state index contributed by atoms with van der Waals surface area (Å²) in [6.07, 6.45) is 1.31. The molecule has 27 heavy (non-hydrogen) atoms. The number of para-hydroxylation sites is 1. The van der Waals surface area contributed by atoms with E-state index in [1.165, 1.54) is 4.90 Å². The molecule has 2 aromatic rings. The summed E-state index contributed by atoms with van der Waals surface area (Å²) in [5.41, 5.74) is -0.366. The van der Waals surface area contributed by atoms with Crippen LogP contribution in [0, 0.1) is 11.6 Å². The SMILES string of the molecule is O=C1NC[C@@]2(CCCN(C(=O)c3cc(F)cc(F)c3)C2)Oc2ccccc21. The van der Waals surface area contributed by atoms with Crippen molar-refractivity contribution >= 4 is 11.8 Å². The highest BCUT2D eigenvalue weighted by molar-refractivity contribution is 5.97. The van der Waals surface area contributed by atoms with Gasteiger partial charge in [-0.1, -0.05) is 12.1 Å². The summed E-state index contributed by atoms with van der Waals surface area (Å²) in [5, 5.41) is 2.86. The Bertz CT molecular complexity index is 898. The molecule has 0 radical (unpaired) electrons. The minimum absolute atomic E-state index is 0.0393. The van der Waals surface area contributed by atoms with Crippen molar-refractivity contribution in [1.29, 1.82) is 0 Å². The molecule has 1 N–H and O–H groups in total. The van der Waals surface area contributed by atoms with Crippen LogP contribution in [-0.2, 0) is 0 Å². The highest BCUT2D eigenvalue weighted by Gasteiger charge is 2.42. The Morgan fingerprint density at radius 1 is 1.15 bits per heavy atom. The van der Waals surface area contributed by atoms with Crippen LogP contribution in [0.25, 0.3) is 0 Å². The van der Waals surface area contributed by atoms with Crippen LogP contribution < -0.4 is 10.1 Å². The zero-order chi connectivity index (χ0) is 19.0. The molecule has 1 fully saturated rings. The van der Waals surface area contributed by atoms with Gasteiger partial charge in [-0.2, -0.15) is 0 Å². The van der Waals surface area contributed by atoms with Gasteiger partial charge in [-0.25, -0.2) is 8.78 Å². The Morgan fingerprint density at radius 2 is 1.89 bits per heavy atom. The molecule has 140 valence electrons. The van der Waals surface area contributed by atoms with Crippen molar-refractivity contribution in [2.45, 2.75) is 18.4 Å². The Morgan fingerprint density at radius 3 is 2.67 bits per heavy atom. The summed E-state index contributed by atoms with van der Waals surface area (Å²) >= 11 is 0. The van der Waals surface area contributed by atoms with Crippen LogP contribution >= 0.6 is 0 Å². The second-order valence-electron chi connectivity index (χ2n) is 6.95. The first-order chi connectivity index (χ1) is 13.0. The average molecular weight is 372 g/mol. The van der Waals surface area contributed by atoms with E-state index in [2.05, 4.69) is 5.32 Å². The zero-order valence-electron chi connectivity index (χ0n) is 14.5. The maximum atomic E-state index is 13.5. The molecule has 2 heterocycles. The lowest BCUT2D eigenvalue weighted by Gasteiger charge is -2.42. The van der Waals surface area contributed by atoms with Gasteiger partial charge in [-0.3, -0.25) is 9.59 Å². The highest BCUT2D eigenvalue weighted by atomic mass is 19.1. The molecular formula is C20H18F2N2O3. The van der Waals surface area contributed by atoms with Crippen LogP contribution in [0.15, 0.2) is 42.5 Å². The van der Waals surface area contributed by atoms with Crippen molar-refractivity contribution in [1.82, 2.24) is 10.2 Å². The number of carbonyl (C=O) groups excluding carboxylic acids is 2. The van der Waals surface area contributed by atoms with Crippen molar-refractivity contribution in [3.8, 4) is 5.75 Å². The monoisotopic (exact) mass is 372 g/mol. The third-order valence-electron chi connectivity index (χ3n) is 4.97. The smallest absolute Gasteiger partial charge is 0.255 e. The van der Waals surface area contributed by atoms with Crippen molar-refractivity contribution in [3.63, 3.8) is 0 Å². The van der Waals surface area contributed by atoms with E-state index in [4.69, 9.17) is 4.74 Å². The molecule has 1 spiro atoms.